The van der Waals surface area contributed by atoms with Crippen LogP contribution in [0.25, 0.3) is 5.69 Å². The van der Waals surface area contributed by atoms with Crippen molar-refractivity contribution in [3.63, 3.8) is 0 Å². The van der Waals surface area contributed by atoms with Gasteiger partial charge in [0.15, 0.2) is 5.69 Å². The van der Waals surface area contributed by atoms with Crippen molar-refractivity contribution >= 4 is 56.0 Å². The number of rotatable bonds is 2. The van der Waals surface area contributed by atoms with Crippen molar-refractivity contribution in [1.82, 2.24) is 9.78 Å². The topological polar surface area (TPSA) is 55.2 Å². The minimum absolute atomic E-state index is 0.179. The van der Waals surface area contributed by atoms with Crippen molar-refractivity contribution in [3.05, 3.63) is 73.0 Å². The molecule has 0 unspecified atom stereocenters. The Morgan fingerprint density at radius 2 is 1.83 bits per heavy atom. The first-order valence-electron chi connectivity index (χ1n) is 8.20. The molecular weight excluding hydrogens is 566 g/mol. The highest BCUT2D eigenvalue weighted by atomic mass is 127. The molecule has 0 aliphatic carbocycles. The summed E-state index contributed by atoms with van der Waals surface area (Å²) in [6, 6.07) is 9.67. The molecule has 4 rings (SSSR count). The summed E-state index contributed by atoms with van der Waals surface area (Å²) in [5.41, 5.74) is 0.941. The zero-order chi connectivity index (χ0) is 21.1. The minimum Gasteiger partial charge on any atom is -0.268 e. The summed E-state index contributed by atoms with van der Waals surface area (Å²) in [4.78, 5) is 26.7. The smallest absolute Gasteiger partial charge is 0.268 e. The van der Waals surface area contributed by atoms with E-state index in [9.17, 15) is 22.8 Å². The molecule has 1 aliphatic heterocycles. The van der Waals surface area contributed by atoms with E-state index in [0.717, 1.165) is 9.58 Å². The number of hydrogen-bond acceptors (Lipinski definition) is 3. The zero-order valence-electron chi connectivity index (χ0n) is 14.6. The van der Waals surface area contributed by atoms with Gasteiger partial charge >= 0.3 is 6.18 Å². The third-order valence-electron chi connectivity index (χ3n) is 4.49. The standard InChI is InChI=1S/C19H10BrF3IN3O2/c1-9-7-10(26-8-12(20)16(25-26)19(21,22)23)5-6-14(9)27-17(28)11-3-2-4-13(24)15(11)18(27)29/h2-8H,1H3. The molecule has 0 bridgehead atoms. The zero-order valence-corrected chi connectivity index (χ0v) is 18.3. The van der Waals surface area contributed by atoms with Gasteiger partial charge in [0.05, 0.1) is 27.0 Å². The fourth-order valence-corrected chi connectivity index (χ4v) is 4.40. The number of amides is 2. The molecule has 5 nitrogen and oxygen atoms in total. The molecule has 0 saturated carbocycles. The Labute approximate surface area is 184 Å². The number of carbonyl (C=O) groups is 2. The van der Waals surface area contributed by atoms with E-state index in [2.05, 4.69) is 21.0 Å². The van der Waals surface area contributed by atoms with E-state index in [1.807, 2.05) is 22.6 Å². The molecule has 0 spiro atoms. The fraction of sp³-hybridized carbons (Fsp3) is 0.105. The van der Waals surface area contributed by atoms with Gasteiger partial charge < -0.3 is 0 Å². The summed E-state index contributed by atoms with van der Waals surface area (Å²) < 4.78 is 40.5. The van der Waals surface area contributed by atoms with Crippen molar-refractivity contribution < 1.29 is 22.8 Å². The van der Waals surface area contributed by atoms with Gasteiger partial charge in [0.25, 0.3) is 11.8 Å². The number of carbonyl (C=O) groups excluding carboxylic acids is 2. The first kappa shape index (κ1) is 20.1. The largest absolute Gasteiger partial charge is 0.436 e. The SMILES string of the molecule is Cc1cc(-n2cc(Br)c(C(F)(F)F)n2)ccc1N1C(=O)c2cccc(I)c2C1=O. The van der Waals surface area contributed by atoms with E-state index in [1.165, 1.54) is 18.3 Å². The van der Waals surface area contributed by atoms with Gasteiger partial charge in [0, 0.05) is 9.77 Å². The van der Waals surface area contributed by atoms with Crippen LogP contribution >= 0.6 is 38.5 Å². The lowest BCUT2D eigenvalue weighted by Gasteiger charge is -2.17. The molecule has 1 aliphatic rings. The van der Waals surface area contributed by atoms with Crippen molar-refractivity contribution in [2.24, 2.45) is 0 Å². The van der Waals surface area contributed by atoms with Gasteiger partial charge in [-0.2, -0.15) is 18.3 Å². The molecule has 0 saturated heterocycles. The van der Waals surface area contributed by atoms with Crippen LogP contribution in [0, 0.1) is 10.5 Å². The number of imide groups is 1. The maximum absolute atomic E-state index is 13.0. The van der Waals surface area contributed by atoms with Gasteiger partial charge in [-0.1, -0.05) is 6.07 Å². The van der Waals surface area contributed by atoms with Gasteiger partial charge in [0.1, 0.15) is 0 Å². The number of hydrogen-bond donors (Lipinski definition) is 0. The first-order valence-corrected chi connectivity index (χ1v) is 10.1. The number of fused-ring (bicyclic) bond motifs is 1. The monoisotopic (exact) mass is 575 g/mol. The molecule has 1 aromatic heterocycles. The summed E-state index contributed by atoms with van der Waals surface area (Å²) in [5.74, 6) is -0.854. The molecule has 0 N–H and O–H groups in total. The second kappa shape index (κ2) is 6.94. The maximum Gasteiger partial charge on any atom is 0.436 e. The molecule has 2 amide bonds. The highest BCUT2D eigenvalue weighted by molar-refractivity contribution is 14.1. The van der Waals surface area contributed by atoms with Gasteiger partial charge in [-0.3, -0.25) is 9.59 Å². The van der Waals surface area contributed by atoms with Crippen LogP contribution in [-0.2, 0) is 6.18 Å². The predicted octanol–water partition coefficient (Wildman–Crippen LogP) is 5.37. The third-order valence-corrected chi connectivity index (χ3v) is 5.97. The number of benzene rings is 2. The van der Waals surface area contributed by atoms with Crippen LogP contribution < -0.4 is 4.90 Å². The van der Waals surface area contributed by atoms with Crippen LogP contribution in [0.4, 0.5) is 18.9 Å². The Balaban J connectivity index is 1.74. The summed E-state index contributed by atoms with van der Waals surface area (Å²) >= 11 is 4.88. The highest BCUT2D eigenvalue weighted by Crippen LogP contribution is 2.36. The van der Waals surface area contributed by atoms with Crippen molar-refractivity contribution in [2.45, 2.75) is 13.1 Å². The first-order chi connectivity index (χ1) is 13.6. The van der Waals surface area contributed by atoms with Gasteiger partial charge in [-0.25, -0.2) is 9.58 Å². The quantitative estimate of drug-likeness (QED) is 0.305. The van der Waals surface area contributed by atoms with Crippen LogP contribution in [0.3, 0.4) is 0 Å². The Kier molecular flexibility index (Phi) is 4.80. The third kappa shape index (κ3) is 3.27. The summed E-state index contributed by atoms with van der Waals surface area (Å²) in [7, 11) is 0. The molecule has 0 atom stereocenters. The lowest BCUT2D eigenvalue weighted by Crippen LogP contribution is -2.30. The molecule has 3 aromatic rings. The van der Waals surface area contributed by atoms with Gasteiger partial charge in [-0.15, -0.1) is 0 Å². The molecule has 148 valence electrons. The van der Waals surface area contributed by atoms with Gasteiger partial charge in [0.2, 0.25) is 0 Å². The average Bonchev–Trinajstić information content (AvgIpc) is 3.15. The highest BCUT2D eigenvalue weighted by Gasteiger charge is 2.39. The Morgan fingerprint density at radius 3 is 2.41 bits per heavy atom. The number of aromatic nitrogens is 2. The number of halogens is 5. The number of nitrogens with zero attached hydrogens (tertiary/aromatic N) is 3. The number of anilines is 1. The lowest BCUT2D eigenvalue weighted by molar-refractivity contribution is -0.141. The van der Waals surface area contributed by atoms with Crippen LogP contribution in [0.5, 0.6) is 0 Å². The Bertz CT molecular complexity index is 1190. The van der Waals surface area contributed by atoms with E-state index < -0.39 is 23.7 Å². The summed E-state index contributed by atoms with van der Waals surface area (Å²) in [6.07, 6.45) is -3.38. The van der Waals surface area contributed by atoms with Crippen LogP contribution in [0.2, 0.25) is 0 Å². The summed E-state index contributed by atoms with van der Waals surface area (Å²) in [5, 5.41) is 3.59. The Hall–Kier alpha value is -2.21. The maximum atomic E-state index is 13.0. The van der Waals surface area contributed by atoms with E-state index in [4.69, 9.17) is 0 Å². The van der Waals surface area contributed by atoms with E-state index >= 15 is 0 Å². The molecule has 0 radical (unpaired) electrons. The predicted molar refractivity (Wildman–Crippen MR) is 111 cm³/mol. The van der Waals surface area contributed by atoms with E-state index in [1.54, 1.807) is 31.2 Å². The van der Waals surface area contributed by atoms with E-state index in [-0.39, 0.29) is 4.47 Å². The summed E-state index contributed by atoms with van der Waals surface area (Å²) in [6.45, 7) is 1.68. The number of aryl methyl sites for hydroxylation is 1. The second-order valence-electron chi connectivity index (χ2n) is 6.35. The molecule has 2 heterocycles. The van der Waals surface area contributed by atoms with Crippen molar-refractivity contribution in [1.29, 1.82) is 0 Å². The van der Waals surface area contributed by atoms with Crippen LogP contribution in [-0.4, -0.2) is 21.6 Å². The number of alkyl halides is 3. The average molecular weight is 576 g/mol. The molecule has 0 fully saturated rings. The normalized spacial score (nSPS) is 13.9. The van der Waals surface area contributed by atoms with E-state index in [0.29, 0.717) is 31.6 Å². The van der Waals surface area contributed by atoms with Crippen molar-refractivity contribution in [2.75, 3.05) is 4.90 Å². The van der Waals surface area contributed by atoms with Crippen molar-refractivity contribution in [3.8, 4) is 5.69 Å². The van der Waals surface area contributed by atoms with Crippen LogP contribution in [0.1, 0.15) is 32.0 Å². The fourth-order valence-electron chi connectivity index (χ4n) is 3.17. The minimum atomic E-state index is -4.59. The lowest BCUT2D eigenvalue weighted by atomic mass is 10.1. The molecular formula is C19H10BrF3IN3O2. The second-order valence-corrected chi connectivity index (χ2v) is 8.36. The van der Waals surface area contributed by atoms with Crippen LogP contribution in [0.15, 0.2) is 47.1 Å². The molecule has 10 heteroatoms. The molecule has 2 aromatic carbocycles. The Morgan fingerprint density at radius 1 is 1.10 bits per heavy atom. The van der Waals surface area contributed by atoms with Gasteiger partial charge in [-0.05, 0) is 81.3 Å². The molecule has 29 heavy (non-hydrogen) atoms.